The fourth-order valence-corrected chi connectivity index (χ4v) is 3.11. The van der Waals surface area contributed by atoms with Gasteiger partial charge in [0.25, 0.3) is 0 Å². The van der Waals surface area contributed by atoms with Crippen molar-refractivity contribution in [2.75, 3.05) is 18.0 Å². The van der Waals surface area contributed by atoms with Gasteiger partial charge < -0.3 is 10.6 Å². The molecule has 1 heterocycles. The van der Waals surface area contributed by atoms with E-state index in [2.05, 4.69) is 23.1 Å². The molecule has 2 N–H and O–H groups in total. The number of anilines is 1. The molecule has 0 unspecified atom stereocenters. The molecule has 1 saturated heterocycles. The standard InChI is InChI=1S/C14H19FN2/c15-10-3-2-8-17(9-10)14-5-1-4-11-12(14)6-7-13(11)16/h1,4-5,10,13H,2-3,6-9,16H2/t10-,13-/m0/s1. The minimum Gasteiger partial charge on any atom is -0.368 e. The summed E-state index contributed by atoms with van der Waals surface area (Å²) in [6, 6.07) is 6.47. The van der Waals surface area contributed by atoms with E-state index in [1.54, 1.807) is 0 Å². The maximum atomic E-state index is 13.5. The number of nitrogens with two attached hydrogens (primary N) is 1. The molecule has 1 aromatic rings. The summed E-state index contributed by atoms with van der Waals surface area (Å²) < 4.78 is 13.5. The highest BCUT2D eigenvalue weighted by atomic mass is 19.1. The second-order valence-electron chi connectivity index (χ2n) is 5.18. The number of halogens is 1. The number of fused-ring (bicyclic) bond motifs is 1. The lowest BCUT2D eigenvalue weighted by Crippen LogP contribution is -2.36. The Bertz CT molecular complexity index is 419. The molecule has 2 atom stereocenters. The average molecular weight is 234 g/mol. The molecule has 92 valence electrons. The molecule has 1 aliphatic carbocycles. The lowest BCUT2D eigenvalue weighted by Gasteiger charge is -2.32. The second kappa shape index (κ2) is 4.30. The molecule has 0 saturated carbocycles. The van der Waals surface area contributed by atoms with Gasteiger partial charge in [0.2, 0.25) is 0 Å². The van der Waals surface area contributed by atoms with Gasteiger partial charge in [-0.3, -0.25) is 0 Å². The molecule has 0 bridgehead atoms. The Morgan fingerprint density at radius 3 is 3.00 bits per heavy atom. The minimum absolute atomic E-state index is 0.177. The Morgan fingerprint density at radius 2 is 2.18 bits per heavy atom. The first-order valence-corrected chi connectivity index (χ1v) is 6.52. The number of rotatable bonds is 1. The van der Waals surface area contributed by atoms with Crippen molar-refractivity contribution < 1.29 is 4.39 Å². The molecular weight excluding hydrogens is 215 g/mol. The molecule has 1 aromatic carbocycles. The molecule has 1 fully saturated rings. The van der Waals surface area contributed by atoms with E-state index in [0.717, 1.165) is 25.8 Å². The zero-order valence-electron chi connectivity index (χ0n) is 10.0. The lowest BCUT2D eigenvalue weighted by molar-refractivity contribution is 0.286. The maximum absolute atomic E-state index is 13.5. The Hall–Kier alpha value is -1.09. The molecular formula is C14H19FN2. The number of hydrogen-bond acceptors (Lipinski definition) is 2. The van der Waals surface area contributed by atoms with Crippen molar-refractivity contribution in [3.63, 3.8) is 0 Å². The molecule has 0 amide bonds. The van der Waals surface area contributed by atoms with Crippen LogP contribution in [0.15, 0.2) is 18.2 Å². The Balaban J connectivity index is 1.93. The summed E-state index contributed by atoms with van der Waals surface area (Å²) in [5.41, 5.74) is 9.92. The summed E-state index contributed by atoms with van der Waals surface area (Å²) in [5.74, 6) is 0. The predicted octanol–water partition coefficient (Wildman–Crippen LogP) is 2.57. The topological polar surface area (TPSA) is 29.3 Å². The molecule has 0 spiro atoms. The third-order valence-corrected chi connectivity index (χ3v) is 4.00. The molecule has 2 nitrogen and oxygen atoms in total. The quantitative estimate of drug-likeness (QED) is 0.809. The van der Waals surface area contributed by atoms with Crippen molar-refractivity contribution in [1.29, 1.82) is 0 Å². The van der Waals surface area contributed by atoms with Crippen molar-refractivity contribution in [3.05, 3.63) is 29.3 Å². The number of alkyl halides is 1. The van der Waals surface area contributed by atoms with Crippen LogP contribution in [-0.2, 0) is 6.42 Å². The van der Waals surface area contributed by atoms with E-state index in [1.165, 1.54) is 16.8 Å². The third-order valence-electron chi connectivity index (χ3n) is 4.00. The highest BCUT2D eigenvalue weighted by Gasteiger charge is 2.26. The van der Waals surface area contributed by atoms with Crippen LogP contribution in [-0.4, -0.2) is 19.3 Å². The largest absolute Gasteiger partial charge is 0.368 e. The summed E-state index contributed by atoms with van der Waals surface area (Å²) in [5, 5.41) is 0. The SMILES string of the molecule is N[C@H]1CCc2c1cccc2N1CCC[C@H](F)C1. The van der Waals surface area contributed by atoms with Gasteiger partial charge in [0.05, 0.1) is 0 Å². The van der Waals surface area contributed by atoms with Gasteiger partial charge in [-0.05, 0) is 42.9 Å². The second-order valence-corrected chi connectivity index (χ2v) is 5.18. The highest BCUT2D eigenvalue weighted by Crippen LogP contribution is 2.36. The van der Waals surface area contributed by atoms with Gasteiger partial charge in [-0.15, -0.1) is 0 Å². The van der Waals surface area contributed by atoms with E-state index < -0.39 is 6.17 Å². The van der Waals surface area contributed by atoms with Crippen LogP contribution in [0, 0.1) is 0 Å². The monoisotopic (exact) mass is 234 g/mol. The maximum Gasteiger partial charge on any atom is 0.118 e. The lowest BCUT2D eigenvalue weighted by atomic mass is 10.0. The summed E-state index contributed by atoms with van der Waals surface area (Å²) in [6.45, 7) is 1.53. The molecule has 0 aromatic heterocycles. The van der Waals surface area contributed by atoms with Gasteiger partial charge in [-0.25, -0.2) is 4.39 Å². The van der Waals surface area contributed by atoms with Gasteiger partial charge in [0.15, 0.2) is 0 Å². The van der Waals surface area contributed by atoms with Crippen molar-refractivity contribution in [2.45, 2.75) is 37.9 Å². The third kappa shape index (κ3) is 1.93. The molecule has 0 radical (unpaired) electrons. The van der Waals surface area contributed by atoms with Crippen LogP contribution < -0.4 is 10.6 Å². The summed E-state index contributed by atoms with van der Waals surface area (Å²) in [6.07, 6.45) is 3.07. The first-order valence-electron chi connectivity index (χ1n) is 6.52. The van der Waals surface area contributed by atoms with Crippen LogP contribution in [0.3, 0.4) is 0 Å². The first-order chi connectivity index (χ1) is 8.25. The molecule has 3 rings (SSSR count). The van der Waals surface area contributed by atoms with Crippen LogP contribution in [0.4, 0.5) is 10.1 Å². The first kappa shape index (κ1) is 11.0. The van der Waals surface area contributed by atoms with E-state index in [1.807, 2.05) is 0 Å². The minimum atomic E-state index is -0.672. The summed E-state index contributed by atoms with van der Waals surface area (Å²) in [4.78, 5) is 2.20. The molecule has 2 aliphatic rings. The predicted molar refractivity (Wildman–Crippen MR) is 68.0 cm³/mol. The van der Waals surface area contributed by atoms with Gasteiger partial charge in [0.1, 0.15) is 6.17 Å². The zero-order valence-corrected chi connectivity index (χ0v) is 10.0. The average Bonchev–Trinajstić information content (AvgIpc) is 2.71. The van der Waals surface area contributed by atoms with E-state index in [4.69, 9.17) is 5.73 Å². The Kier molecular flexibility index (Phi) is 2.79. The summed E-state index contributed by atoms with van der Waals surface area (Å²) in [7, 11) is 0. The summed E-state index contributed by atoms with van der Waals surface area (Å²) >= 11 is 0. The zero-order chi connectivity index (χ0) is 11.8. The van der Waals surface area contributed by atoms with Crippen LogP contribution in [0.25, 0.3) is 0 Å². The number of nitrogens with zero attached hydrogens (tertiary/aromatic N) is 1. The van der Waals surface area contributed by atoms with Gasteiger partial charge >= 0.3 is 0 Å². The van der Waals surface area contributed by atoms with Crippen molar-refractivity contribution in [2.24, 2.45) is 5.73 Å². The van der Waals surface area contributed by atoms with E-state index >= 15 is 0 Å². The number of benzene rings is 1. The van der Waals surface area contributed by atoms with Gasteiger partial charge in [0, 0.05) is 24.8 Å². The normalized spacial score (nSPS) is 28.2. The fourth-order valence-electron chi connectivity index (χ4n) is 3.11. The fraction of sp³-hybridized carbons (Fsp3) is 0.571. The van der Waals surface area contributed by atoms with Crippen molar-refractivity contribution in [1.82, 2.24) is 0 Å². The van der Waals surface area contributed by atoms with Crippen LogP contribution >= 0.6 is 0 Å². The van der Waals surface area contributed by atoms with Crippen LogP contribution in [0.5, 0.6) is 0 Å². The highest BCUT2D eigenvalue weighted by molar-refractivity contribution is 5.59. The molecule has 3 heteroatoms. The van der Waals surface area contributed by atoms with E-state index in [0.29, 0.717) is 13.0 Å². The Labute approximate surface area is 102 Å². The smallest absolute Gasteiger partial charge is 0.118 e. The van der Waals surface area contributed by atoms with E-state index in [-0.39, 0.29) is 6.04 Å². The number of hydrogen-bond donors (Lipinski definition) is 1. The van der Waals surface area contributed by atoms with Crippen LogP contribution in [0.1, 0.15) is 36.4 Å². The van der Waals surface area contributed by atoms with Gasteiger partial charge in [-0.1, -0.05) is 12.1 Å². The Morgan fingerprint density at radius 1 is 1.29 bits per heavy atom. The molecule has 17 heavy (non-hydrogen) atoms. The van der Waals surface area contributed by atoms with Crippen molar-refractivity contribution >= 4 is 5.69 Å². The van der Waals surface area contributed by atoms with Gasteiger partial charge in [-0.2, -0.15) is 0 Å². The van der Waals surface area contributed by atoms with Crippen molar-refractivity contribution in [3.8, 4) is 0 Å². The van der Waals surface area contributed by atoms with E-state index in [9.17, 15) is 4.39 Å². The van der Waals surface area contributed by atoms with Crippen LogP contribution in [0.2, 0.25) is 0 Å². The molecule has 1 aliphatic heterocycles. The number of piperidine rings is 1.